The normalized spacial score (nSPS) is 22.9. The number of likely N-dealkylation sites (N-methyl/N-ethyl adjacent to an activating group) is 1. The van der Waals surface area contributed by atoms with Crippen molar-refractivity contribution in [1.82, 2.24) is 9.80 Å². The molecule has 0 saturated carbocycles. The quantitative estimate of drug-likeness (QED) is 0.829. The molecule has 1 saturated heterocycles. The first-order valence-electron chi connectivity index (χ1n) is 5.93. The monoisotopic (exact) mass is 300 g/mol. The van der Waals surface area contributed by atoms with Gasteiger partial charge < -0.3 is 4.90 Å². The first-order valence-corrected chi connectivity index (χ1v) is 6.72. The average molecular weight is 301 g/mol. The van der Waals surface area contributed by atoms with E-state index in [1.807, 2.05) is 6.07 Å². The minimum Gasteiger partial charge on any atom is -0.304 e. The summed E-state index contributed by atoms with van der Waals surface area (Å²) in [6.07, 6.45) is 0. The summed E-state index contributed by atoms with van der Waals surface area (Å²) in [4.78, 5) is 4.74. The van der Waals surface area contributed by atoms with Crippen molar-refractivity contribution < 1.29 is 4.39 Å². The Morgan fingerprint density at radius 3 is 2.88 bits per heavy atom. The first-order chi connectivity index (χ1) is 8.08. The molecule has 1 aliphatic heterocycles. The Hall–Kier alpha value is -0.450. The lowest BCUT2D eigenvalue weighted by molar-refractivity contribution is 0.0935. The molecule has 17 heavy (non-hydrogen) atoms. The molecule has 0 aliphatic carbocycles. The Balaban J connectivity index is 2.08. The molecule has 1 aromatic carbocycles. The number of hydrogen-bond donors (Lipinski definition) is 0. The van der Waals surface area contributed by atoms with Crippen LogP contribution in [0, 0.1) is 5.82 Å². The Morgan fingerprint density at radius 1 is 1.41 bits per heavy atom. The average Bonchev–Trinajstić information content (AvgIpc) is 2.28. The maximum absolute atomic E-state index is 13.4. The van der Waals surface area contributed by atoms with Crippen molar-refractivity contribution in [2.75, 3.05) is 26.7 Å². The molecule has 0 amide bonds. The van der Waals surface area contributed by atoms with Crippen molar-refractivity contribution >= 4 is 15.9 Å². The van der Waals surface area contributed by atoms with Crippen LogP contribution in [0.1, 0.15) is 12.5 Å². The van der Waals surface area contributed by atoms with Gasteiger partial charge in [-0.05, 0) is 41.5 Å². The van der Waals surface area contributed by atoms with E-state index in [0.29, 0.717) is 10.5 Å². The summed E-state index contributed by atoms with van der Waals surface area (Å²) >= 11 is 3.33. The lowest BCUT2D eigenvalue weighted by atomic mass is 10.1. The van der Waals surface area contributed by atoms with Crippen LogP contribution in [0.4, 0.5) is 4.39 Å². The number of benzene rings is 1. The molecule has 2 nitrogen and oxygen atoms in total. The Kier molecular flexibility index (Phi) is 4.17. The molecule has 1 unspecified atom stereocenters. The number of halogens is 2. The van der Waals surface area contributed by atoms with Gasteiger partial charge in [0.2, 0.25) is 0 Å². The van der Waals surface area contributed by atoms with Gasteiger partial charge in [0.05, 0.1) is 4.47 Å². The van der Waals surface area contributed by atoms with E-state index in [9.17, 15) is 4.39 Å². The molecule has 0 radical (unpaired) electrons. The van der Waals surface area contributed by atoms with E-state index in [1.165, 1.54) is 6.07 Å². The largest absolute Gasteiger partial charge is 0.304 e. The summed E-state index contributed by atoms with van der Waals surface area (Å²) in [5.74, 6) is -0.177. The van der Waals surface area contributed by atoms with E-state index < -0.39 is 0 Å². The van der Waals surface area contributed by atoms with Gasteiger partial charge in [-0.2, -0.15) is 0 Å². The van der Waals surface area contributed by atoms with Crippen molar-refractivity contribution in [3.05, 3.63) is 34.1 Å². The van der Waals surface area contributed by atoms with E-state index >= 15 is 0 Å². The van der Waals surface area contributed by atoms with E-state index in [-0.39, 0.29) is 5.82 Å². The van der Waals surface area contributed by atoms with Crippen LogP contribution < -0.4 is 0 Å². The van der Waals surface area contributed by atoms with Crippen LogP contribution >= 0.6 is 15.9 Å². The van der Waals surface area contributed by atoms with E-state index in [4.69, 9.17) is 0 Å². The fraction of sp³-hybridized carbons (Fsp3) is 0.538. The predicted molar refractivity (Wildman–Crippen MR) is 71.5 cm³/mol. The van der Waals surface area contributed by atoms with Gasteiger partial charge >= 0.3 is 0 Å². The van der Waals surface area contributed by atoms with Gasteiger partial charge in [0.15, 0.2) is 0 Å². The Labute approximate surface area is 111 Å². The SMILES string of the molecule is CC1CN(C)CCN1Cc1cccc(F)c1Br. The molecule has 1 atom stereocenters. The van der Waals surface area contributed by atoms with Gasteiger partial charge in [-0.25, -0.2) is 4.39 Å². The topological polar surface area (TPSA) is 6.48 Å². The van der Waals surface area contributed by atoms with Crippen molar-refractivity contribution in [1.29, 1.82) is 0 Å². The molecule has 2 rings (SSSR count). The fourth-order valence-electron chi connectivity index (χ4n) is 2.30. The molecule has 1 heterocycles. The van der Waals surface area contributed by atoms with Gasteiger partial charge in [0, 0.05) is 32.2 Å². The standard InChI is InChI=1S/C13H18BrFN2/c1-10-8-16(2)6-7-17(10)9-11-4-3-5-12(15)13(11)14/h3-5,10H,6-9H2,1-2H3. The van der Waals surface area contributed by atoms with Crippen molar-refractivity contribution in [2.24, 2.45) is 0 Å². The lowest BCUT2D eigenvalue weighted by Gasteiger charge is -2.38. The third kappa shape index (κ3) is 3.06. The Morgan fingerprint density at radius 2 is 2.18 bits per heavy atom. The molecule has 1 aromatic rings. The number of hydrogen-bond acceptors (Lipinski definition) is 2. The van der Waals surface area contributed by atoms with Crippen molar-refractivity contribution in [3.63, 3.8) is 0 Å². The third-order valence-corrected chi connectivity index (χ3v) is 4.26. The summed E-state index contributed by atoms with van der Waals surface area (Å²) in [5, 5.41) is 0. The summed E-state index contributed by atoms with van der Waals surface area (Å²) in [5.41, 5.74) is 1.03. The van der Waals surface area contributed by atoms with Crippen LogP contribution in [0.5, 0.6) is 0 Å². The summed E-state index contributed by atoms with van der Waals surface area (Å²) in [6.45, 7) is 6.24. The highest BCUT2D eigenvalue weighted by Crippen LogP contribution is 2.23. The van der Waals surface area contributed by atoms with Gasteiger partial charge in [0.1, 0.15) is 5.82 Å². The predicted octanol–water partition coefficient (Wildman–Crippen LogP) is 2.72. The second-order valence-corrected chi connectivity index (χ2v) is 5.59. The van der Waals surface area contributed by atoms with Crippen LogP contribution in [0.2, 0.25) is 0 Å². The lowest BCUT2D eigenvalue weighted by Crippen LogP contribution is -2.49. The first kappa shape index (κ1) is 13.0. The number of piperazine rings is 1. The van der Waals surface area contributed by atoms with Gasteiger partial charge in [-0.15, -0.1) is 0 Å². The molecule has 0 bridgehead atoms. The molecule has 1 fully saturated rings. The fourth-order valence-corrected chi connectivity index (χ4v) is 2.69. The zero-order chi connectivity index (χ0) is 12.4. The summed E-state index contributed by atoms with van der Waals surface area (Å²) in [6, 6.07) is 5.76. The number of nitrogens with zero attached hydrogens (tertiary/aromatic N) is 2. The number of rotatable bonds is 2. The maximum atomic E-state index is 13.4. The van der Waals surface area contributed by atoms with Gasteiger partial charge in [-0.3, -0.25) is 4.90 Å². The third-order valence-electron chi connectivity index (χ3n) is 3.37. The van der Waals surface area contributed by atoms with Crippen molar-refractivity contribution in [3.8, 4) is 0 Å². The van der Waals surface area contributed by atoms with Gasteiger partial charge in [-0.1, -0.05) is 12.1 Å². The maximum Gasteiger partial charge on any atom is 0.137 e. The molecule has 4 heteroatoms. The minimum atomic E-state index is -0.177. The Bertz CT molecular complexity index is 397. The minimum absolute atomic E-state index is 0.177. The van der Waals surface area contributed by atoms with Crippen LogP contribution in [-0.2, 0) is 6.54 Å². The molecule has 0 spiro atoms. The zero-order valence-corrected chi connectivity index (χ0v) is 11.9. The van der Waals surface area contributed by atoms with E-state index in [0.717, 1.165) is 31.7 Å². The van der Waals surface area contributed by atoms with Gasteiger partial charge in [0.25, 0.3) is 0 Å². The summed E-state index contributed by atoms with van der Waals surface area (Å²) < 4.78 is 14.0. The highest BCUT2D eigenvalue weighted by Gasteiger charge is 2.22. The highest BCUT2D eigenvalue weighted by atomic mass is 79.9. The second-order valence-electron chi connectivity index (χ2n) is 4.79. The highest BCUT2D eigenvalue weighted by molar-refractivity contribution is 9.10. The van der Waals surface area contributed by atoms with Crippen LogP contribution in [-0.4, -0.2) is 42.5 Å². The van der Waals surface area contributed by atoms with E-state index in [1.54, 1.807) is 6.07 Å². The molecular weight excluding hydrogens is 283 g/mol. The van der Waals surface area contributed by atoms with E-state index in [2.05, 4.69) is 39.7 Å². The van der Waals surface area contributed by atoms with Crippen molar-refractivity contribution in [2.45, 2.75) is 19.5 Å². The molecule has 94 valence electrons. The zero-order valence-electron chi connectivity index (χ0n) is 10.3. The van der Waals surface area contributed by atoms with Crippen LogP contribution in [0.15, 0.2) is 22.7 Å². The molecule has 0 aromatic heterocycles. The molecule has 1 aliphatic rings. The molecule has 0 N–H and O–H groups in total. The smallest absolute Gasteiger partial charge is 0.137 e. The summed E-state index contributed by atoms with van der Waals surface area (Å²) in [7, 11) is 2.14. The van der Waals surface area contributed by atoms with Crippen LogP contribution in [0.3, 0.4) is 0 Å². The van der Waals surface area contributed by atoms with Crippen LogP contribution in [0.25, 0.3) is 0 Å². The second kappa shape index (κ2) is 5.46. The molecular formula is C13H18BrFN2.